The summed E-state index contributed by atoms with van der Waals surface area (Å²) in [5.74, 6) is 3.00. The van der Waals surface area contributed by atoms with Crippen molar-refractivity contribution in [1.29, 1.82) is 0 Å². The number of benzene rings is 1. The molecule has 3 nitrogen and oxygen atoms in total. The molecule has 1 amide bonds. The number of aliphatic hydroxyl groups is 1. The quantitative estimate of drug-likeness (QED) is 0.325. The Hall–Kier alpha value is -1.68. The molecule has 0 aliphatic heterocycles. The van der Waals surface area contributed by atoms with E-state index in [4.69, 9.17) is 0 Å². The molecule has 2 N–H and O–H groups in total. The molecular weight excluding hydrogens is 533 g/mol. The van der Waals surface area contributed by atoms with Crippen molar-refractivity contribution in [2.75, 3.05) is 6.54 Å². The van der Waals surface area contributed by atoms with E-state index in [9.17, 15) is 14.3 Å². The first-order chi connectivity index (χ1) is 20.2. The zero-order valence-corrected chi connectivity index (χ0v) is 27.9. The van der Waals surface area contributed by atoms with Crippen LogP contribution >= 0.6 is 0 Å². The highest BCUT2D eigenvalue weighted by Gasteiger charge is 2.70. The van der Waals surface area contributed by atoms with Gasteiger partial charge in [0.25, 0.3) is 0 Å². The van der Waals surface area contributed by atoms with E-state index in [1.807, 2.05) is 0 Å². The van der Waals surface area contributed by atoms with Crippen LogP contribution in [0.15, 0.2) is 36.4 Å². The molecule has 10 atom stereocenters. The predicted octanol–water partition coefficient (Wildman–Crippen LogP) is 8.89. The number of halogens is 1. The summed E-state index contributed by atoms with van der Waals surface area (Å²) in [5, 5.41) is 14.3. The van der Waals surface area contributed by atoms with Gasteiger partial charge in [-0.05, 0) is 152 Å². The molecule has 0 heterocycles. The lowest BCUT2D eigenvalue weighted by molar-refractivity contribution is -0.247. The molecule has 238 valence electrons. The Morgan fingerprint density at radius 3 is 2.33 bits per heavy atom. The maximum Gasteiger partial charge on any atom is 0.224 e. The van der Waals surface area contributed by atoms with Gasteiger partial charge in [0.05, 0.1) is 12.5 Å². The highest BCUT2D eigenvalue weighted by atomic mass is 19.1. The molecule has 0 radical (unpaired) electrons. The Kier molecular flexibility index (Phi) is 7.79. The Morgan fingerprint density at radius 1 is 0.907 bits per heavy atom. The third-order valence-corrected chi connectivity index (χ3v) is 15.4. The smallest absolute Gasteiger partial charge is 0.224 e. The fraction of sp³-hybridized carbons (Fsp3) is 0.769. The second kappa shape index (κ2) is 10.7. The number of hydrogen-bond acceptors (Lipinski definition) is 2. The molecule has 0 spiro atoms. The average molecular weight is 592 g/mol. The summed E-state index contributed by atoms with van der Waals surface area (Å²) in [5.41, 5.74) is 3.41. The van der Waals surface area contributed by atoms with Crippen LogP contribution in [0.1, 0.15) is 118 Å². The van der Waals surface area contributed by atoms with Crippen LogP contribution in [0.2, 0.25) is 0 Å². The van der Waals surface area contributed by atoms with Gasteiger partial charge < -0.3 is 10.4 Å². The van der Waals surface area contributed by atoms with Crippen molar-refractivity contribution in [3.63, 3.8) is 0 Å². The van der Waals surface area contributed by atoms with Crippen LogP contribution in [0.3, 0.4) is 0 Å². The molecule has 1 aromatic rings. The SMILES string of the molecule is C=C(C)[C@@H]1CC[C@]2(CCNC(=O)Cc3ccc(F)cc3)CC[C@]3(C)[C@H](CC[C@@H]4[C@@]5(C)CC[C@H](O)C(C)(C)[C@@H]5CC[C@]43C)[C@@H]12. The number of hydrogen-bond donors (Lipinski definition) is 2. The lowest BCUT2D eigenvalue weighted by atomic mass is 9.32. The predicted molar refractivity (Wildman–Crippen MR) is 173 cm³/mol. The van der Waals surface area contributed by atoms with Crippen molar-refractivity contribution < 1.29 is 14.3 Å². The van der Waals surface area contributed by atoms with Crippen molar-refractivity contribution in [1.82, 2.24) is 5.32 Å². The molecule has 0 bridgehead atoms. The molecule has 4 heteroatoms. The number of amides is 1. The van der Waals surface area contributed by atoms with Crippen LogP contribution < -0.4 is 5.32 Å². The van der Waals surface area contributed by atoms with Crippen LogP contribution in [-0.4, -0.2) is 23.7 Å². The first kappa shape index (κ1) is 31.3. The van der Waals surface area contributed by atoms with Gasteiger partial charge in [-0.15, -0.1) is 0 Å². The number of carbonyl (C=O) groups excluding carboxylic acids is 1. The van der Waals surface area contributed by atoms with Crippen LogP contribution in [-0.2, 0) is 11.2 Å². The Bertz CT molecular complexity index is 1240. The second-order valence-corrected chi connectivity index (χ2v) is 17.3. The Labute approximate surface area is 260 Å². The fourth-order valence-corrected chi connectivity index (χ4v) is 13.0. The van der Waals surface area contributed by atoms with E-state index < -0.39 is 0 Å². The number of rotatable bonds is 6. The van der Waals surface area contributed by atoms with E-state index >= 15 is 0 Å². The van der Waals surface area contributed by atoms with E-state index in [0.29, 0.717) is 46.3 Å². The first-order valence-corrected chi connectivity index (χ1v) is 17.5. The molecule has 43 heavy (non-hydrogen) atoms. The molecule has 5 fully saturated rings. The number of allylic oxidation sites excluding steroid dienone is 1. The average Bonchev–Trinajstić information content (AvgIpc) is 3.33. The highest BCUT2D eigenvalue weighted by Crippen LogP contribution is 2.77. The summed E-state index contributed by atoms with van der Waals surface area (Å²) in [4.78, 5) is 12.9. The summed E-state index contributed by atoms with van der Waals surface area (Å²) in [6.45, 7) is 20.2. The minimum absolute atomic E-state index is 0.00849. The summed E-state index contributed by atoms with van der Waals surface area (Å²) in [6, 6.07) is 6.28. The van der Waals surface area contributed by atoms with E-state index in [-0.39, 0.29) is 28.7 Å². The number of carbonyl (C=O) groups is 1. The van der Waals surface area contributed by atoms with Gasteiger partial charge in [0.1, 0.15) is 5.82 Å². The molecule has 0 saturated heterocycles. The van der Waals surface area contributed by atoms with Crippen molar-refractivity contribution >= 4 is 5.91 Å². The minimum atomic E-state index is -0.265. The topological polar surface area (TPSA) is 49.3 Å². The zero-order chi connectivity index (χ0) is 31.0. The van der Waals surface area contributed by atoms with E-state index in [0.717, 1.165) is 30.9 Å². The van der Waals surface area contributed by atoms with Gasteiger partial charge in [-0.3, -0.25) is 4.79 Å². The Morgan fingerprint density at radius 2 is 1.63 bits per heavy atom. The highest BCUT2D eigenvalue weighted by molar-refractivity contribution is 5.78. The molecule has 5 aliphatic rings. The normalized spacial score (nSPS) is 44.8. The monoisotopic (exact) mass is 591 g/mol. The molecule has 5 aliphatic carbocycles. The van der Waals surface area contributed by atoms with E-state index in [1.165, 1.54) is 75.5 Å². The number of fused-ring (bicyclic) bond motifs is 7. The summed E-state index contributed by atoms with van der Waals surface area (Å²) < 4.78 is 13.3. The number of aliphatic hydroxyl groups excluding tert-OH is 1. The molecule has 0 unspecified atom stereocenters. The van der Waals surface area contributed by atoms with E-state index in [1.54, 1.807) is 12.1 Å². The molecule has 0 aromatic heterocycles. The van der Waals surface area contributed by atoms with Crippen LogP contribution in [0.5, 0.6) is 0 Å². The molecule has 1 aromatic carbocycles. The van der Waals surface area contributed by atoms with Crippen LogP contribution in [0.25, 0.3) is 0 Å². The lowest BCUT2D eigenvalue weighted by Gasteiger charge is -2.73. The van der Waals surface area contributed by atoms with Crippen molar-refractivity contribution in [2.45, 2.75) is 125 Å². The van der Waals surface area contributed by atoms with Crippen LogP contribution in [0.4, 0.5) is 4.39 Å². The summed E-state index contributed by atoms with van der Waals surface area (Å²) in [7, 11) is 0. The fourth-order valence-electron chi connectivity index (χ4n) is 13.0. The summed E-state index contributed by atoms with van der Waals surface area (Å²) in [6.07, 6.45) is 13.5. The van der Waals surface area contributed by atoms with Gasteiger partial charge in [0, 0.05) is 6.54 Å². The van der Waals surface area contributed by atoms with Crippen molar-refractivity contribution in [2.24, 2.45) is 56.7 Å². The van der Waals surface area contributed by atoms with Gasteiger partial charge in [-0.2, -0.15) is 0 Å². The molecular formula is C39H58FNO2. The van der Waals surface area contributed by atoms with Gasteiger partial charge in [0.2, 0.25) is 5.91 Å². The van der Waals surface area contributed by atoms with E-state index in [2.05, 4.69) is 53.4 Å². The number of nitrogens with one attached hydrogen (secondary N) is 1. The third kappa shape index (κ3) is 4.69. The minimum Gasteiger partial charge on any atom is -0.393 e. The lowest BCUT2D eigenvalue weighted by Crippen LogP contribution is -2.66. The molecule has 6 rings (SSSR count). The van der Waals surface area contributed by atoms with Gasteiger partial charge >= 0.3 is 0 Å². The maximum atomic E-state index is 13.3. The summed E-state index contributed by atoms with van der Waals surface area (Å²) >= 11 is 0. The van der Waals surface area contributed by atoms with Crippen molar-refractivity contribution in [3.8, 4) is 0 Å². The second-order valence-electron chi connectivity index (χ2n) is 17.3. The Balaban J connectivity index is 1.23. The maximum absolute atomic E-state index is 13.3. The van der Waals surface area contributed by atoms with Crippen LogP contribution in [0, 0.1) is 62.5 Å². The van der Waals surface area contributed by atoms with Crippen molar-refractivity contribution in [3.05, 3.63) is 47.8 Å². The van der Waals surface area contributed by atoms with Gasteiger partial charge in [0.15, 0.2) is 0 Å². The zero-order valence-electron chi connectivity index (χ0n) is 27.9. The largest absolute Gasteiger partial charge is 0.393 e. The van der Waals surface area contributed by atoms with Gasteiger partial charge in [-0.25, -0.2) is 4.39 Å². The first-order valence-electron chi connectivity index (χ1n) is 17.5. The van der Waals surface area contributed by atoms with Gasteiger partial charge in [-0.1, -0.05) is 58.9 Å². The standard InChI is InChI=1S/C39H58FNO2/c1-25(2)28-14-19-39(22-23-41-33(43)24-26-8-10-27(40)11-9-26)21-20-37(6)29(34(28)39)12-13-31-36(5)17-16-32(42)35(3,4)30(36)15-18-38(31,37)7/h8-11,28-32,34,42H,1,12-24H2,2-7H3,(H,41,43)/t28-,29+,30-,31+,32-,34+,36-,37+,38+,39+/m0/s1. The third-order valence-electron chi connectivity index (χ3n) is 15.4. The molecule has 5 saturated carbocycles.